The number of benzene rings is 1. The number of aryl methyl sites for hydroxylation is 2. The predicted molar refractivity (Wildman–Crippen MR) is 97.1 cm³/mol. The molecule has 0 amide bonds. The zero-order chi connectivity index (χ0) is 16.4. The number of aromatic hydroxyl groups is 1. The Labute approximate surface area is 143 Å². The molecule has 1 aliphatic rings. The standard InChI is InChI=1S/C18H17NO2S2/c1-11-8-13(9-12(2)16(11)20)15-10-19-17(23-15)18(21)22-14-6-4-3-5-7-14/h4,6-10,20H,3,5H2,1-2H3. The van der Waals surface area contributed by atoms with Gasteiger partial charge >= 0.3 is 0 Å². The van der Waals surface area contributed by atoms with Crippen molar-refractivity contribution in [3.05, 3.63) is 57.6 Å². The highest BCUT2D eigenvalue weighted by molar-refractivity contribution is 8.17. The van der Waals surface area contributed by atoms with Crippen LogP contribution in [0, 0.1) is 13.8 Å². The second-order valence-corrected chi connectivity index (χ2v) is 7.54. The number of thioether (sulfide) groups is 1. The van der Waals surface area contributed by atoms with Gasteiger partial charge in [-0.1, -0.05) is 18.2 Å². The summed E-state index contributed by atoms with van der Waals surface area (Å²) >= 11 is 2.63. The lowest BCUT2D eigenvalue weighted by Gasteiger charge is -2.06. The van der Waals surface area contributed by atoms with E-state index in [1.54, 1.807) is 6.20 Å². The average molecular weight is 343 g/mol. The second-order valence-electron chi connectivity index (χ2n) is 5.46. The Morgan fingerprint density at radius 3 is 2.65 bits per heavy atom. The van der Waals surface area contributed by atoms with E-state index in [1.807, 2.05) is 32.1 Å². The molecule has 118 valence electrons. The number of nitrogens with zero attached hydrogens (tertiary/aromatic N) is 1. The summed E-state index contributed by atoms with van der Waals surface area (Å²) in [5.74, 6) is 0.321. The van der Waals surface area contributed by atoms with Gasteiger partial charge in [-0.25, -0.2) is 4.98 Å². The van der Waals surface area contributed by atoms with Crippen LogP contribution in [0.15, 0.2) is 41.5 Å². The minimum absolute atomic E-state index is 0.0220. The monoisotopic (exact) mass is 343 g/mol. The zero-order valence-electron chi connectivity index (χ0n) is 13.0. The summed E-state index contributed by atoms with van der Waals surface area (Å²) in [4.78, 5) is 18.5. The Morgan fingerprint density at radius 1 is 1.26 bits per heavy atom. The first kappa shape index (κ1) is 16.0. The molecule has 3 rings (SSSR count). The Bertz CT molecular complexity index is 795. The van der Waals surface area contributed by atoms with E-state index in [-0.39, 0.29) is 5.12 Å². The number of thiazole rings is 1. The Hall–Kier alpha value is -1.85. The van der Waals surface area contributed by atoms with E-state index in [0.29, 0.717) is 10.8 Å². The van der Waals surface area contributed by atoms with Crippen LogP contribution in [0.3, 0.4) is 0 Å². The molecule has 5 heteroatoms. The highest BCUT2D eigenvalue weighted by atomic mass is 32.2. The number of allylic oxidation sites excluding steroid dienone is 3. The summed E-state index contributed by atoms with van der Waals surface area (Å²) in [6.07, 6.45) is 9.93. The Kier molecular flexibility index (Phi) is 4.68. The topological polar surface area (TPSA) is 50.2 Å². The molecule has 0 saturated carbocycles. The van der Waals surface area contributed by atoms with Gasteiger partial charge < -0.3 is 5.11 Å². The van der Waals surface area contributed by atoms with Crippen molar-refractivity contribution in [1.29, 1.82) is 0 Å². The van der Waals surface area contributed by atoms with Crippen molar-refractivity contribution in [2.45, 2.75) is 26.7 Å². The number of hydrogen-bond acceptors (Lipinski definition) is 5. The van der Waals surface area contributed by atoms with Gasteiger partial charge in [0.25, 0.3) is 5.12 Å². The maximum absolute atomic E-state index is 12.3. The third kappa shape index (κ3) is 3.57. The SMILES string of the molecule is Cc1cc(-c2cnc(C(=O)SC3=CCCC=C3)s2)cc(C)c1O. The van der Waals surface area contributed by atoms with Crippen LogP contribution in [0.2, 0.25) is 0 Å². The van der Waals surface area contributed by atoms with E-state index >= 15 is 0 Å². The molecule has 3 nitrogen and oxygen atoms in total. The quantitative estimate of drug-likeness (QED) is 0.828. The van der Waals surface area contributed by atoms with Crippen LogP contribution in [-0.4, -0.2) is 15.2 Å². The molecule has 0 radical (unpaired) electrons. The molecule has 0 saturated heterocycles. The van der Waals surface area contributed by atoms with Crippen LogP contribution in [0.5, 0.6) is 5.75 Å². The lowest BCUT2D eigenvalue weighted by molar-refractivity contribution is 0.108. The molecule has 0 unspecified atom stereocenters. The van der Waals surface area contributed by atoms with E-state index in [9.17, 15) is 9.90 Å². The number of carbonyl (C=O) groups is 1. The normalized spacial score (nSPS) is 13.9. The van der Waals surface area contributed by atoms with Gasteiger partial charge in [0.05, 0.1) is 4.88 Å². The fourth-order valence-electron chi connectivity index (χ4n) is 2.42. The van der Waals surface area contributed by atoms with Gasteiger partial charge in [0, 0.05) is 11.1 Å². The third-order valence-corrected chi connectivity index (χ3v) is 5.72. The maximum atomic E-state index is 12.3. The van der Waals surface area contributed by atoms with Crippen LogP contribution in [0.1, 0.15) is 33.8 Å². The van der Waals surface area contributed by atoms with E-state index < -0.39 is 0 Å². The molecule has 0 spiro atoms. The van der Waals surface area contributed by atoms with Gasteiger partial charge in [0.15, 0.2) is 5.01 Å². The Balaban J connectivity index is 1.81. The number of aromatic nitrogens is 1. The molecule has 1 heterocycles. The van der Waals surface area contributed by atoms with Crippen LogP contribution in [0.25, 0.3) is 10.4 Å². The second kappa shape index (κ2) is 6.72. The summed E-state index contributed by atoms with van der Waals surface area (Å²) in [5.41, 5.74) is 2.64. The first-order chi connectivity index (χ1) is 11.0. The average Bonchev–Trinajstić information content (AvgIpc) is 3.03. The van der Waals surface area contributed by atoms with Gasteiger partial charge in [-0.2, -0.15) is 0 Å². The van der Waals surface area contributed by atoms with Crippen molar-refractivity contribution in [3.63, 3.8) is 0 Å². The first-order valence-electron chi connectivity index (χ1n) is 7.40. The van der Waals surface area contributed by atoms with Crippen LogP contribution < -0.4 is 0 Å². The molecule has 0 aliphatic heterocycles. The number of rotatable bonds is 3. The molecule has 1 aromatic heterocycles. The third-order valence-electron chi connectivity index (χ3n) is 3.63. The van der Waals surface area contributed by atoms with Crippen molar-refractivity contribution in [2.75, 3.05) is 0 Å². The molecule has 0 atom stereocenters. The molecule has 2 aromatic rings. The van der Waals surface area contributed by atoms with E-state index in [1.165, 1.54) is 23.1 Å². The molecule has 0 bridgehead atoms. The molecule has 1 aliphatic carbocycles. The minimum atomic E-state index is -0.0220. The van der Waals surface area contributed by atoms with Gasteiger partial charge in [-0.3, -0.25) is 4.79 Å². The number of phenols is 1. The molecule has 1 N–H and O–H groups in total. The van der Waals surface area contributed by atoms with Crippen LogP contribution in [-0.2, 0) is 0 Å². The smallest absolute Gasteiger partial charge is 0.252 e. The first-order valence-corrected chi connectivity index (χ1v) is 9.03. The predicted octanol–water partition coefficient (Wildman–Crippen LogP) is 5.24. The molecular weight excluding hydrogens is 326 g/mol. The van der Waals surface area contributed by atoms with Gasteiger partial charge in [0.1, 0.15) is 5.75 Å². The largest absolute Gasteiger partial charge is 0.507 e. The van der Waals surface area contributed by atoms with Crippen molar-refractivity contribution in [1.82, 2.24) is 4.98 Å². The van der Waals surface area contributed by atoms with E-state index in [0.717, 1.165) is 39.3 Å². The molecule has 23 heavy (non-hydrogen) atoms. The van der Waals surface area contributed by atoms with Crippen LogP contribution >= 0.6 is 23.1 Å². The van der Waals surface area contributed by atoms with Crippen molar-refractivity contribution >= 4 is 28.2 Å². The Morgan fingerprint density at radius 2 is 2.00 bits per heavy atom. The lowest BCUT2D eigenvalue weighted by atomic mass is 10.1. The number of carbonyl (C=O) groups excluding carboxylic acids is 1. The zero-order valence-corrected chi connectivity index (χ0v) is 14.6. The number of hydrogen-bond donors (Lipinski definition) is 1. The summed E-state index contributed by atoms with van der Waals surface area (Å²) in [6, 6.07) is 3.84. The fourth-order valence-corrected chi connectivity index (χ4v) is 4.12. The van der Waals surface area contributed by atoms with Gasteiger partial charge in [-0.05, 0) is 67.3 Å². The lowest BCUT2D eigenvalue weighted by Crippen LogP contribution is -1.92. The fraction of sp³-hybridized carbons (Fsp3) is 0.222. The summed E-state index contributed by atoms with van der Waals surface area (Å²) < 4.78 is 0. The van der Waals surface area contributed by atoms with Crippen LogP contribution in [0.4, 0.5) is 0 Å². The molecular formula is C18H17NO2S2. The highest BCUT2D eigenvalue weighted by Crippen LogP contribution is 2.34. The van der Waals surface area contributed by atoms with E-state index in [4.69, 9.17) is 0 Å². The van der Waals surface area contributed by atoms with Crippen molar-refractivity contribution in [3.8, 4) is 16.2 Å². The summed E-state index contributed by atoms with van der Waals surface area (Å²) in [5, 5.41) is 10.4. The van der Waals surface area contributed by atoms with Crippen molar-refractivity contribution in [2.24, 2.45) is 0 Å². The summed E-state index contributed by atoms with van der Waals surface area (Å²) in [7, 11) is 0. The van der Waals surface area contributed by atoms with Crippen molar-refractivity contribution < 1.29 is 9.90 Å². The van der Waals surface area contributed by atoms with E-state index in [2.05, 4.69) is 17.1 Å². The van der Waals surface area contributed by atoms with Gasteiger partial charge in [0.2, 0.25) is 0 Å². The maximum Gasteiger partial charge on any atom is 0.252 e. The highest BCUT2D eigenvalue weighted by Gasteiger charge is 2.15. The van der Waals surface area contributed by atoms with Gasteiger partial charge in [-0.15, -0.1) is 11.3 Å². The minimum Gasteiger partial charge on any atom is -0.507 e. The molecule has 0 fully saturated rings. The number of phenolic OH excluding ortho intramolecular Hbond substituents is 1. The molecule has 1 aromatic carbocycles. The summed E-state index contributed by atoms with van der Waals surface area (Å²) in [6.45, 7) is 3.74.